The molecule has 0 spiro atoms. The van der Waals surface area contributed by atoms with Crippen LogP contribution in [-0.4, -0.2) is 66.9 Å². The lowest BCUT2D eigenvalue weighted by molar-refractivity contribution is -0.121. The summed E-state index contributed by atoms with van der Waals surface area (Å²) in [6, 6.07) is 16.2. The van der Waals surface area contributed by atoms with Crippen LogP contribution in [0.2, 0.25) is 0 Å². The minimum absolute atomic E-state index is 0.178. The predicted octanol–water partition coefficient (Wildman–Crippen LogP) is 4.15. The molecule has 4 rings (SSSR count). The number of benzene rings is 2. The average molecular weight is 494 g/mol. The van der Waals surface area contributed by atoms with Gasteiger partial charge in [-0.2, -0.15) is 0 Å². The molecule has 7 nitrogen and oxygen atoms in total. The number of imide groups is 1. The summed E-state index contributed by atoms with van der Waals surface area (Å²) in [5, 5.41) is 0. The smallest absolute Gasteiger partial charge is 0.338 e. The molecule has 1 fully saturated rings. The van der Waals surface area contributed by atoms with Crippen LogP contribution in [-0.2, 0) is 14.3 Å². The van der Waals surface area contributed by atoms with Crippen LogP contribution >= 0.6 is 11.8 Å². The number of ether oxygens (including phenoxy) is 1. The van der Waals surface area contributed by atoms with Crippen molar-refractivity contribution in [1.29, 1.82) is 0 Å². The van der Waals surface area contributed by atoms with Gasteiger partial charge in [-0.1, -0.05) is 30.0 Å². The van der Waals surface area contributed by atoms with Crippen molar-refractivity contribution in [2.75, 3.05) is 32.1 Å². The van der Waals surface area contributed by atoms with E-state index < -0.39 is 5.97 Å². The summed E-state index contributed by atoms with van der Waals surface area (Å²) in [4.78, 5) is 46.4. The van der Waals surface area contributed by atoms with E-state index in [0.29, 0.717) is 21.9 Å². The molecule has 0 atom stereocenters. The van der Waals surface area contributed by atoms with Crippen LogP contribution in [0.3, 0.4) is 0 Å². The largest absolute Gasteiger partial charge is 0.459 e. The van der Waals surface area contributed by atoms with Gasteiger partial charge in [0.25, 0.3) is 11.8 Å². The second-order valence-corrected chi connectivity index (χ2v) is 10.3. The normalized spacial score (nSPS) is 17.5. The molecule has 8 heteroatoms. The van der Waals surface area contributed by atoms with E-state index >= 15 is 0 Å². The fourth-order valence-corrected chi connectivity index (χ4v) is 5.37. The molecule has 2 aromatic rings. The van der Waals surface area contributed by atoms with E-state index in [1.807, 2.05) is 42.3 Å². The van der Waals surface area contributed by atoms with Gasteiger partial charge in [0.15, 0.2) is 0 Å². The highest BCUT2D eigenvalue weighted by atomic mass is 32.2. The molecule has 0 unspecified atom stereocenters. The van der Waals surface area contributed by atoms with Crippen molar-refractivity contribution in [3.8, 4) is 0 Å². The van der Waals surface area contributed by atoms with Crippen LogP contribution in [0.4, 0.5) is 5.69 Å². The maximum Gasteiger partial charge on any atom is 0.338 e. The minimum Gasteiger partial charge on any atom is -0.459 e. The molecule has 2 heterocycles. The molecular formula is C27H31N3O4S. The topological polar surface area (TPSA) is 70.2 Å². The van der Waals surface area contributed by atoms with Crippen molar-refractivity contribution >= 4 is 35.2 Å². The van der Waals surface area contributed by atoms with Crippen molar-refractivity contribution in [2.24, 2.45) is 0 Å². The fourth-order valence-electron chi connectivity index (χ4n) is 4.34. The maximum atomic E-state index is 13.7. The monoisotopic (exact) mass is 493 g/mol. The number of piperidine rings is 1. The lowest BCUT2D eigenvalue weighted by atomic mass is 10.0. The van der Waals surface area contributed by atoms with Crippen molar-refractivity contribution in [2.45, 2.75) is 43.7 Å². The van der Waals surface area contributed by atoms with E-state index in [0.717, 1.165) is 30.8 Å². The van der Waals surface area contributed by atoms with Gasteiger partial charge in [0.05, 0.1) is 17.4 Å². The highest BCUT2D eigenvalue weighted by molar-refractivity contribution is 8.04. The molecule has 0 saturated carbocycles. The number of esters is 1. The van der Waals surface area contributed by atoms with Gasteiger partial charge in [-0.25, -0.2) is 9.69 Å². The van der Waals surface area contributed by atoms with E-state index in [9.17, 15) is 14.4 Å². The molecule has 0 aromatic heterocycles. The van der Waals surface area contributed by atoms with Crippen molar-refractivity contribution in [1.82, 2.24) is 9.80 Å². The van der Waals surface area contributed by atoms with Gasteiger partial charge in [-0.15, -0.1) is 0 Å². The second-order valence-electron chi connectivity index (χ2n) is 9.18. The van der Waals surface area contributed by atoms with Gasteiger partial charge < -0.3 is 14.5 Å². The van der Waals surface area contributed by atoms with Crippen LogP contribution in [0.5, 0.6) is 0 Å². The van der Waals surface area contributed by atoms with Crippen LogP contribution in [0, 0.1) is 0 Å². The lowest BCUT2D eigenvalue weighted by Crippen LogP contribution is -2.43. The molecular weight excluding hydrogens is 462 g/mol. The third kappa shape index (κ3) is 5.44. The highest BCUT2D eigenvalue weighted by Gasteiger charge is 2.43. The van der Waals surface area contributed by atoms with Crippen molar-refractivity contribution in [3.05, 3.63) is 70.8 Å². The maximum absolute atomic E-state index is 13.7. The summed E-state index contributed by atoms with van der Waals surface area (Å²) < 4.78 is 5.24. The molecule has 0 radical (unpaired) electrons. The van der Waals surface area contributed by atoms with Gasteiger partial charge in [-0.3, -0.25) is 9.59 Å². The Kier molecular flexibility index (Phi) is 7.62. The summed E-state index contributed by atoms with van der Waals surface area (Å²) in [6.45, 7) is 5.47. The molecule has 35 heavy (non-hydrogen) atoms. The van der Waals surface area contributed by atoms with E-state index in [1.54, 1.807) is 38.1 Å². The zero-order valence-electron chi connectivity index (χ0n) is 20.6. The van der Waals surface area contributed by atoms with Crippen LogP contribution < -0.4 is 4.90 Å². The Labute approximate surface area is 210 Å². The number of anilines is 1. The van der Waals surface area contributed by atoms with Gasteiger partial charge in [0.2, 0.25) is 0 Å². The number of rotatable bonds is 7. The predicted molar refractivity (Wildman–Crippen MR) is 137 cm³/mol. The quantitative estimate of drug-likeness (QED) is 0.424. The number of thioether (sulfide) groups is 1. The average Bonchev–Trinajstić information content (AvgIpc) is 3.08. The highest BCUT2D eigenvalue weighted by Crippen LogP contribution is 2.39. The van der Waals surface area contributed by atoms with E-state index in [-0.39, 0.29) is 24.0 Å². The van der Waals surface area contributed by atoms with Gasteiger partial charge in [0, 0.05) is 18.0 Å². The summed E-state index contributed by atoms with van der Waals surface area (Å²) >= 11 is 1.32. The third-order valence-corrected chi connectivity index (χ3v) is 7.35. The SMILES string of the molecule is CC(C)OC(=O)c1ccc(N2C(=O)C(Sc3ccccc3)=C(N(C)C3CCN(C)CC3)C2=O)cc1. The minimum atomic E-state index is -0.438. The van der Waals surface area contributed by atoms with Crippen LogP contribution in [0.15, 0.2) is 70.1 Å². The Morgan fingerprint density at radius 2 is 1.63 bits per heavy atom. The lowest BCUT2D eigenvalue weighted by Gasteiger charge is -2.36. The van der Waals surface area contributed by atoms with Gasteiger partial charge in [-0.05, 0) is 83.2 Å². The third-order valence-electron chi connectivity index (χ3n) is 6.27. The number of hydrogen-bond donors (Lipinski definition) is 0. The number of amides is 2. The fraction of sp³-hybridized carbons (Fsp3) is 0.370. The zero-order chi connectivity index (χ0) is 25.1. The Hall–Kier alpha value is -3.10. The zero-order valence-corrected chi connectivity index (χ0v) is 21.4. The number of likely N-dealkylation sites (tertiary alicyclic amines) is 1. The molecule has 2 aliphatic heterocycles. The Balaban J connectivity index is 1.65. The Bertz CT molecular complexity index is 1120. The summed E-state index contributed by atoms with van der Waals surface area (Å²) in [6.07, 6.45) is 1.62. The summed E-state index contributed by atoms with van der Waals surface area (Å²) in [5.41, 5.74) is 1.23. The van der Waals surface area contributed by atoms with Crippen molar-refractivity contribution in [3.63, 3.8) is 0 Å². The first kappa shape index (κ1) is 25.0. The molecule has 2 aliphatic rings. The molecule has 184 valence electrons. The molecule has 1 saturated heterocycles. The van der Waals surface area contributed by atoms with E-state index in [4.69, 9.17) is 4.74 Å². The number of carbonyl (C=O) groups is 3. The number of hydrogen-bond acceptors (Lipinski definition) is 7. The number of carbonyl (C=O) groups excluding carboxylic acids is 3. The van der Waals surface area contributed by atoms with Gasteiger partial charge in [0.1, 0.15) is 10.6 Å². The molecule has 2 amide bonds. The Morgan fingerprint density at radius 3 is 2.23 bits per heavy atom. The van der Waals surface area contributed by atoms with Crippen LogP contribution in [0.1, 0.15) is 37.0 Å². The molecule has 0 aliphatic carbocycles. The second kappa shape index (κ2) is 10.7. The Morgan fingerprint density at radius 1 is 1.00 bits per heavy atom. The van der Waals surface area contributed by atoms with Crippen molar-refractivity contribution < 1.29 is 19.1 Å². The number of nitrogens with zero attached hydrogens (tertiary/aromatic N) is 3. The molecule has 2 aromatic carbocycles. The first-order valence-corrected chi connectivity index (χ1v) is 12.7. The van der Waals surface area contributed by atoms with E-state index in [2.05, 4.69) is 11.9 Å². The van der Waals surface area contributed by atoms with E-state index in [1.165, 1.54) is 16.7 Å². The first-order valence-electron chi connectivity index (χ1n) is 11.8. The molecule has 0 N–H and O–H groups in total. The first-order chi connectivity index (χ1) is 16.8. The standard InChI is InChI=1S/C27H31N3O4S/c1-18(2)34-27(33)19-10-12-21(13-11-19)30-25(31)23(29(4)20-14-16-28(3)17-15-20)24(26(30)32)35-22-8-6-5-7-9-22/h5-13,18,20H,14-17H2,1-4H3. The molecule has 0 bridgehead atoms. The summed E-state index contributed by atoms with van der Waals surface area (Å²) in [7, 11) is 4.01. The number of likely N-dealkylation sites (N-methyl/N-ethyl adjacent to an activating group) is 1. The summed E-state index contributed by atoms with van der Waals surface area (Å²) in [5.74, 6) is -1.13. The van der Waals surface area contributed by atoms with Gasteiger partial charge >= 0.3 is 5.97 Å². The van der Waals surface area contributed by atoms with Crippen LogP contribution in [0.25, 0.3) is 0 Å².